The molecule has 2 aromatic rings. The smallest absolute Gasteiger partial charge is 0.411 e. The number of hydrogen-bond acceptors (Lipinski definition) is 4. The standard InChI is InChI=1S/C24H31N3O5S/c1-15(2)11-23(28)27-17(4)14-26(24(29)30)21-13-19(7-9-20(21)27)18-8-10-22(16(3)12-18)33(31,32)25(5)6/h7-10,12-13,15,17H,11,14H2,1-6H3,(H,29,30)/t17-/m0/s1. The van der Waals surface area contributed by atoms with Crippen LogP contribution in [0, 0.1) is 12.8 Å². The fourth-order valence-electron chi connectivity index (χ4n) is 4.13. The Labute approximate surface area is 195 Å². The molecule has 1 aliphatic rings. The molecular weight excluding hydrogens is 442 g/mol. The lowest BCUT2D eigenvalue weighted by Gasteiger charge is -2.40. The fraction of sp³-hybridized carbons (Fsp3) is 0.417. The van der Waals surface area contributed by atoms with Crippen molar-refractivity contribution in [2.75, 3.05) is 30.4 Å². The van der Waals surface area contributed by atoms with Gasteiger partial charge in [0.2, 0.25) is 15.9 Å². The molecule has 0 radical (unpaired) electrons. The first kappa shape index (κ1) is 24.7. The van der Waals surface area contributed by atoms with Gasteiger partial charge in [-0.2, -0.15) is 0 Å². The van der Waals surface area contributed by atoms with Gasteiger partial charge in [0.25, 0.3) is 0 Å². The van der Waals surface area contributed by atoms with Gasteiger partial charge in [0.15, 0.2) is 0 Å². The molecule has 8 nitrogen and oxygen atoms in total. The highest BCUT2D eigenvalue weighted by atomic mass is 32.2. The number of fused-ring (bicyclic) bond motifs is 1. The van der Waals surface area contributed by atoms with E-state index in [2.05, 4.69) is 0 Å². The number of carboxylic acid groups (broad SMARTS) is 1. The summed E-state index contributed by atoms with van der Waals surface area (Å²) in [5.74, 6) is 0.149. The summed E-state index contributed by atoms with van der Waals surface area (Å²) >= 11 is 0. The molecule has 1 heterocycles. The molecule has 0 aliphatic carbocycles. The topological polar surface area (TPSA) is 98.2 Å². The number of hydrogen-bond donors (Lipinski definition) is 1. The van der Waals surface area contributed by atoms with Crippen LogP contribution in [0.15, 0.2) is 41.3 Å². The number of rotatable bonds is 5. The van der Waals surface area contributed by atoms with E-state index >= 15 is 0 Å². The lowest BCUT2D eigenvalue weighted by atomic mass is 9.99. The number of benzene rings is 2. The minimum atomic E-state index is -3.57. The fourth-order valence-corrected chi connectivity index (χ4v) is 5.23. The molecule has 178 valence electrons. The highest BCUT2D eigenvalue weighted by Gasteiger charge is 2.35. The second kappa shape index (κ2) is 9.15. The van der Waals surface area contributed by atoms with Gasteiger partial charge in [-0.15, -0.1) is 0 Å². The summed E-state index contributed by atoms with van der Waals surface area (Å²) in [5, 5.41) is 9.81. The van der Waals surface area contributed by atoms with E-state index in [1.807, 2.05) is 26.8 Å². The summed E-state index contributed by atoms with van der Waals surface area (Å²) in [7, 11) is -0.598. The van der Waals surface area contributed by atoms with Crippen molar-refractivity contribution in [2.24, 2.45) is 5.92 Å². The van der Waals surface area contributed by atoms with Crippen molar-refractivity contribution in [1.29, 1.82) is 0 Å². The van der Waals surface area contributed by atoms with Gasteiger partial charge in [0.05, 0.1) is 22.3 Å². The van der Waals surface area contributed by atoms with Crippen molar-refractivity contribution in [3.63, 3.8) is 0 Å². The number of anilines is 2. The molecule has 33 heavy (non-hydrogen) atoms. The average Bonchev–Trinajstić information content (AvgIpc) is 2.71. The van der Waals surface area contributed by atoms with Crippen LogP contribution in [-0.2, 0) is 14.8 Å². The van der Waals surface area contributed by atoms with Crippen molar-refractivity contribution in [3.8, 4) is 11.1 Å². The second-order valence-electron chi connectivity index (χ2n) is 9.08. The zero-order valence-corrected chi connectivity index (χ0v) is 20.7. The van der Waals surface area contributed by atoms with Gasteiger partial charge < -0.3 is 10.0 Å². The molecule has 0 saturated heterocycles. The zero-order chi connectivity index (χ0) is 24.7. The highest BCUT2D eigenvalue weighted by molar-refractivity contribution is 7.89. The van der Waals surface area contributed by atoms with Crippen LogP contribution in [0.2, 0.25) is 0 Å². The van der Waals surface area contributed by atoms with Gasteiger partial charge >= 0.3 is 6.09 Å². The van der Waals surface area contributed by atoms with Gasteiger partial charge in [-0.05, 0) is 54.7 Å². The van der Waals surface area contributed by atoms with E-state index < -0.39 is 16.1 Å². The minimum absolute atomic E-state index is 0.0365. The van der Waals surface area contributed by atoms with Gasteiger partial charge in [0.1, 0.15) is 0 Å². The Hall–Kier alpha value is -2.91. The predicted molar refractivity (Wildman–Crippen MR) is 129 cm³/mol. The molecular formula is C24H31N3O5S. The Morgan fingerprint density at radius 1 is 1.09 bits per heavy atom. The first-order valence-electron chi connectivity index (χ1n) is 10.8. The molecule has 0 unspecified atom stereocenters. The van der Waals surface area contributed by atoms with E-state index in [-0.39, 0.29) is 29.3 Å². The van der Waals surface area contributed by atoms with Crippen LogP contribution >= 0.6 is 0 Å². The van der Waals surface area contributed by atoms with Crippen molar-refractivity contribution >= 4 is 33.4 Å². The average molecular weight is 474 g/mol. The second-order valence-corrected chi connectivity index (χ2v) is 11.2. The predicted octanol–water partition coefficient (Wildman–Crippen LogP) is 4.18. The minimum Gasteiger partial charge on any atom is -0.465 e. The summed E-state index contributed by atoms with van der Waals surface area (Å²) in [6, 6.07) is 10.1. The van der Waals surface area contributed by atoms with Gasteiger partial charge in [-0.3, -0.25) is 9.69 Å². The SMILES string of the molecule is Cc1cc(-c2ccc3c(c2)N(C(=O)O)C[C@H](C)N3C(=O)CC(C)C)ccc1S(=O)(=O)N(C)C. The van der Waals surface area contributed by atoms with E-state index in [4.69, 9.17) is 0 Å². The number of amides is 2. The van der Waals surface area contributed by atoms with E-state index in [1.54, 1.807) is 42.2 Å². The molecule has 0 bridgehead atoms. The summed E-state index contributed by atoms with van der Waals surface area (Å²) in [6.45, 7) is 7.70. The normalized spacial score (nSPS) is 16.3. The summed E-state index contributed by atoms with van der Waals surface area (Å²) < 4.78 is 26.2. The van der Waals surface area contributed by atoms with Crippen molar-refractivity contribution in [3.05, 3.63) is 42.0 Å². The number of aryl methyl sites for hydroxylation is 1. The molecule has 0 fully saturated rings. The third-order valence-electron chi connectivity index (χ3n) is 5.76. The summed E-state index contributed by atoms with van der Waals surface area (Å²) in [6.07, 6.45) is -0.709. The van der Waals surface area contributed by atoms with E-state index in [0.717, 1.165) is 11.1 Å². The maximum atomic E-state index is 12.9. The van der Waals surface area contributed by atoms with Gasteiger partial charge in [-0.25, -0.2) is 17.5 Å². The largest absolute Gasteiger partial charge is 0.465 e. The van der Waals surface area contributed by atoms with Crippen molar-refractivity contribution in [1.82, 2.24) is 4.31 Å². The maximum absolute atomic E-state index is 12.9. The van der Waals surface area contributed by atoms with Crippen LogP contribution in [0.1, 0.15) is 32.8 Å². The molecule has 1 atom stereocenters. The number of carbonyl (C=O) groups excluding carboxylic acids is 1. The highest BCUT2D eigenvalue weighted by Crippen LogP contribution is 2.40. The maximum Gasteiger partial charge on any atom is 0.411 e. The number of nitrogens with zero attached hydrogens (tertiary/aromatic N) is 3. The molecule has 1 N–H and O–H groups in total. The molecule has 1 aliphatic heterocycles. The van der Waals surface area contributed by atoms with E-state index in [9.17, 15) is 23.1 Å². The molecule has 2 amide bonds. The lowest BCUT2D eigenvalue weighted by molar-refractivity contribution is -0.119. The molecule has 0 aromatic heterocycles. The molecule has 0 saturated carbocycles. The Morgan fingerprint density at radius 3 is 2.24 bits per heavy atom. The number of sulfonamides is 1. The lowest BCUT2D eigenvalue weighted by Crippen LogP contribution is -2.51. The van der Waals surface area contributed by atoms with E-state index in [1.165, 1.54) is 23.3 Å². The van der Waals surface area contributed by atoms with Crippen LogP contribution in [0.5, 0.6) is 0 Å². The molecule has 0 spiro atoms. The van der Waals surface area contributed by atoms with Crippen LogP contribution < -0.4 is 9.80 Å². The van der Waals surface area contributed by atoms with Crippen LogP contribution in [-0.4, -0.2) is 56.5 Å². The Morgan fingerprint density at radius 2 is 1.70 bits per heavy atom. The Balaban J connectivity index is 2.09. The Bertz CT molecular complexity index is 1190. The third-order valence-corrected chi connectivity index (χ3v) is 7.74. The van der Waals surface area contributed by atoms with Crippen LogP contribution in [0.25, 0.3) is 11.1 Å². The molecule has 2 aromatic carbocycles. The summed E-state index contributed by atoms with van der Waals surface area (Å²) in [5.41, 5.74) is 3.10. The Kier molecular flexibility index (Phi) is 6.85. The van der Waals surface area contributed by atoms with Crippen LogP contribution in [0.3, 0.4) is 0 Å². The molecule has 3 rings (SSSR count). The van der Waals surface area contributed by atoms with Crippen molar-refractivity contribution < 1.29 is 23.1 Å². The molecule has 9 heteroatoms. The zero-order valence-electron chi connectivity index (χ0n) is 19.9. The first-order valence-corrected chi connectivity index (χ1v) is 12.3. The number of carbonyl (C=O) groups is 2. The summed E-state index contributed by atoms with van der Waals surface area (Å²) in [4.78, 5) is 28.1. The monoisotopic (exact) mass is 473 g/mol. The van der Waals surface area contributed by atoms with Crippen molar-refractivity contribution in [2.45, 2.75) is 45.1 Å². The third kappa shape index (κ3) is 4.74. The van der Waals surface area contributed by atoms with Gasteiger partial charge in [-0.1, -0.05) is 32.0 Å². The van der Waals surface area contributed by atoms with E-state index in [0.29, 0.717) is 23.4 Å². The first-order chi connectivity index (χ1) is 15.3. The quantitative estimate of drug-likeness (QED) is 0.703. The van der Waals surface area contributed by atoms with Crippen LogP contribution in [0.4, 0.5) is 16.2 Å². The van der Waals surface area contributed by atoms with Gasteiger partial charge in [0, 0.05) is 27.1 Å².